The molecular formula is C18H18ClF3N4O. The van der Waals surface area contributed by atoms with Crippen LogP contribution in [0.3, 0.4) is 0 Å². The number of nitrogens with one attached hydrogen (secondary N) is 1. The SMILES string of the molecule is CC1CCN(C(=O)c2cnc(Nc3ccc(Cl)cc3C(F)(F)F)nc2)CC1. The van der Waals surface area contributed by atoms with E-state index in [2.05, 4.69) is 22.2 Å². The third-order valence-electron chi connectivity index (χ3n) is 4.50. The third kappa shape index (κ3) is 4.68. The number of carbonyl (C=O) groups excluding carboxylic acids is 1. The molecule has 1 aromatic carbocycles. The molecule has 1 fully saturated rings. The van der Waals surface area contributed by atoms with E-state index in [4.69, 9.17) is 11.6 Å². The molecule has 0 spiro atoms. The molecule has 3 rings (SSSR count). The van der Waals surface area contributed by atoms with Crippen LogP contribution in [0.1, 0.15) is 35.7 Å². The first-order valence-electron chi connectivity index (χ1n) is 8.49. The topological polar surface area (TPSA) is 58.1 Å². The quantitative estimate of drug-likeness (QED) is 0.809. The van der Waals surface area contributed by atoms with E-state index in [-0.39, 0.29) is 22.6 Å². The molecule has 1 aliphatic rings. The van der Waals surface area contributed by atoms with Crippen LogP contribution in [0.25, 0.3) is 0 Å². The van der Waals surface area contributed by atoms with Crippen molar-refractivity contribution >= 4 is 29.1 Å². The van der Waals surface area contributed by atoms with Gasteiger partial charge < -0.3 is 10.2 Å². The Bertz CT molecular complexity index is 818. The second-order valence-electron chi connectivity index (χ2n) is 6.58. The number of carbonyl (C=O) groups is 1. The fourth-order valence-corrected chi connectivity index (χ4v) is 3.05. The van der Waals surface area contributed by atoms with Crippen molar-refractivity contribution in [2.75, 3.05) is 18.4 Å². The second-order valence-corrected chi connectivity index (χ2v) is 7.02. The molecule has 144 valence electrons. The predicted molar refractivity (Wildman–Crippen MR) is 96.1 cm³/mol. The van der Waals surface area contributed by atoms with E-state index in [0.717, 1.165) is 18.9 Å². The van der Waals surface area contributed by atoms with Crippen LogP contribution in [0.15, 0.2) is 30.6 Å². The van der Waals surface area contributed by atoms with Gasteiger partial charge in [-0.1, -0.05) is 18.5 Å². The van der Waals surface area contributed by atoms with Crippen molar-refractivity contribution in [1.29, 1.82) is 0 Å². The number of piperidine rings is 1. The number of hydrogen-bond donors (Lipinski definition) is 1. The molecule has 5 nitrogen and oxygen atoms in total. The van der Waals surface area contributed by atoms with Crippen LogP contribution < -0.4 is 5.32 Å². The molecule has 0 atom stereocenters. The summed E-state index contributed by atoms with van der Waals surface area (Å²) in [7, 11) is 0. The van der Waals surface area contributed by atoms with Crippen molar-refractivity contribution in [2.45, 2.75) is 25.9 Å². The average molecular weight is 399 g/mol. The van der Waals surface area contributed by atoms with Crippen molar-refractivity contribution in [3.8, 4) is 0 Å². The van der Waals surface area contributed by atoms with E-state index < -0.39 is 11.7 Å². The van der Waals surface area contributed by atoms with Gasteiger partial charge in [0.15, 0.2) is 0 Å². The number of alkyl halides is 3. The summed E-state index contributed by atoms with van der Waals surface area (Å²) in [4.78, 5) is 22.2. The summed E-state index contributed by atoms with van der Waals surface area (Å²) in [5, 5.41) is 2.51. The highest BCUT2D eigenvalue weighted by Crippen LogP contribution is 2.37. The lowest BCUT2D eigenvalue weighted by Crippen LogP contribution is -2.38. The summed E-state index contributed by atoms with van der Waals surface area (Å²) in [5.41, 5.74) is -0.820. The molecule has 0 saturated carbocycles. The average Bonchev–Trinajstić information content (AvgIpc) is 2.63. The van der Waals surface area contributed by atoms with E-state index in [9.17, 15) is 18.0 Å². The van der Waals surface area contributed by atoms with Crippen LogP contribution in [0.4, 0.5) is 24.8 Å². The molecular weight excluding hydrogens is 381 g/mol. The Morgan fingerprint density at radius 1 is 1.22 bits per heavy atom. The second kappa shape index (κ2) is 7.72. The molecule has 1 amide bonds. The fourth-order valence-electron chi connectivity index (χ4n) is 2.88. The minimum absolute atomic E-state index is 0.0226. The van der Waals surface area contributed by atoms with Gasteiger partial charge in [0.1, 0.15) is 0 Å². The van der Waals surface area contributed by atoms with Crippen molar-refractivity contribution in [1.82, 2.24) is 14.9 Å². The van der Waals surface area contributed by atoms with Crippen LogP contribution >= 0.6 is 11.6 Å². The highest BCUT2D eigenvalue weighted by Gasteiger charge is 2.34. The predicted octanol–water partition coefficient (Wildman–Crippen LogP) is 4.76. The van der Waals surface area contributed by atoms with Gasteiger partial charge in [0, 0.05) is 30.5 Å². The van der Waals surface area contributed by atoms with E-state index >= 15 is 0 Å². The zero-order valence-electron chi connectivity index (χ0n) is 14.6. The highest BCUT2D eigenvalue weighted by atomic mass is 35.5. The minimum atomic E-state index is -4.57. The van der Waals surface area contributed by atoms with E-state index in [1.807, 2.05) is 0 Å². The largest absolute Gasteiger partial charge is 0.418 e. The van der Waals surface area contributed by atoms with Gasteiger partial charge in [-0.25, -0.2) is 9.97 Å². The fraction of sp³-hybridized carbons (Fsp3) is 0.389. The van der Waals surface area contributed by atoms with Gasteiger partial charge in [0.25, 0.3) is 5.91 Å². The monoisotopic (exact) mass is 398 g/mol. The van der Waals surface area contributed by atoms with Gasteiger partial charge in [-0.05, 0) is 37.0 Å². The number of aromatic nitrogens is 2. The number of likely N-dealkylation sites (tertiary alicyclic amines) is 1. The molecule has 2 aromatic rings. The van der Waals surface area contributed by atoms with Gasteiger partial charge >= 0.3 is 6.18 Å². The van der Waals surface area contributed by atoms with Gasteiger partial charge in [0.05, 0.1) is 16.8 Å². The molecule has 1 aromatic heterocycles. The van der Waals surface area contributed by atoms with Crippen LogP contribution in [0.2, 0.25) is 5.02 Å². The van der Waals surface area contributed by atoms with Crippen LogP contribution in [-0.2, 0) is 6.18 Å². The van der Waals surface area contributed by atoms with Gasteiger partial charge in [0.2, 0.25) is 5.95 Å². The number of nitrogens with zero attached hydrogens (tertiary/aromatic N) is 3. The highest BCUT2D eigenvalue weighted by molar-refractivity contribution is 6.30. The van der Waals surface area contributed by atoms with E-state index in [1.165, 1.54) is 24.5 Å². The zero-order chi connectivity index (χ0) is 19.6. The lowest BCUT2D eigenvalue weighted by atomic mass is 9.99. The Morgan fingerprint density at radius 3 is 2.44 bits per heavy atom. The Hall–Kier alpha value is -2.35. The Kier molecular flexibility index (Phi) is 5.55. The van der Waals surface area contributed by atoms with Crippen molar-refractivity contribution < 1.29 is 18.0 Å². The molecule has 2 heterocycles. The van der Waals surface area contributed by atoms with Crippen LogP contribution in [0, 0.1) is 5.92 Å². The maximum atomic E-state index is 13.1. The van der Waals surface area contributed by atoms with Crippen molar-refractivity contribution in [2.24, 2.45) is 5.92 Å². The standard InChI is InChI=1S/C18H18ClF3N4O/c1-11-4-6-26(7-5-11)16(27)12-9-23-17(24-10-12)25-15-3-2-13(19)8-14(15)18(20,21)22/h2-3,8-11H,4-7H2,1H3,(H,23,24,25). The minimum Gasteiger partial charge on any atom is -0.339 e. The zero-order valence-corrected chi connectivity index (χ0v) is 15.3. The molecule has 27 heavy (non-hydrogen) atoms. The van der Waals surface area contributed by atoms with E-state index in [0.29, 0.717) is 24.6 Å². The molecule has 1 N–H and O–H groups in total. The summed E-state index contributed by atoms with van der Waals surface area (Å²) in [6, 6.07) is 3.38. The van der Waals surface area contributed by atoms with Crippen molar-refractivity contribution in [3.05, 3.63) is 46.7 Å². The molecule has 1 aliphatic heterocycles. The number of rotatable bonds is 3. The Balaban J connectivity index is 1.74. The maximum absolute atomic E-state index is 13.1. The number of anilines is 2. The van der Waals surface area contributed by atoms with Crippen LogP contribution in [-0.4, -0.2) is 33.9 Å². The van der Waals surface area contributed by atoms with Crippen LogP contribution in [0.5, 0.6) is 0 Å². The molecule has 1 saturated heterocycles. The van der Waals surface area contributed by atoms with E-state index in [1.54, 1.807) is 4.90 Å². The van der Waals surface area contributed by atoms with Gasteiger partial charge in [-0.3, -0.25) is 4.79 Å². The molecule has 0 aliphatic carbocycles. The lowest BCUT2D eigenvalue weighted by molar-refractivity contribution is -0.136. The summed E-state index contributed by atoms with van der Waals surface area (Å²) in [6.07, 6.45) is -0.0433. The summed E-state index contributed by atoms with van der Waals surface area (Å²) in [5.74, 6) is 0.390. The molecule has 0 bridgehead atoms. The Morgan fingerprint density at radius 2 is 1.85 bits per heavy atom. The smallest absolute Gasteiger partial charge is 0.339 e. The summed E-state index contributed by atoms with van der Waals surface area (Å²) in [6.45, 7) is 3.51. The van der Waals surface area contributed by atoms with Gasteiger partial charge in [-0.2, -0.15) is 13.2 Å². The number of halogens is 4. The first-order chi connectivity index (χ1) is 12.7. The third-order valence-corrected chi connectivity index (χ3v) is 4.74. The molecule has 0 unspecified atom stereocenters. The first-order valence-corrected chi connectivity index (χ1v) is 8.87. The number of amides is 1. The number of benzene rings is 1. The van der Waals surface area contributed by atoms with Crippen molar-refractivity contribution in [3.63, 3.8) is 0 Å². The molecule has 9 heteroatoms. The number of hydrogen-bond acceptors (Lipinski definition) is 4. The first kappa shape index (κ1) is 19.4. The maximum Gasteiger partial charge on any atom is 0.418 e. The Labute approximate surface area is 159 Å². The normalized spacial score (nSPS) is 15.7. The lowest BCUT2D eigenvalue weighted by Gasteiger charge is -2.30. The van der Waals surface area contributed by atoms with Gasteiger partial charge in [-0.15, -0.1) is 0 Å². The summed E-state index contributed by atoms with van der Waals surface area (Å²) >= 11 is 5.66. The molecule has 0 radical (unpaired) electrons. The summed E-state index contributed by atoms with van der Waals surface area (Å²) < 4.78 is 39.4.